The van der Waals surface area contributed by atoms with Gasteiger partial charge in [-0.2, -0.15) is 5.11 Å². The lowest BCUT2D eigenvalue weighted by Crippen LogP contribution is -2.39. The van der Waals surface area contributed by atoms with Crippen LogP contribution in [0.2, 0.25) is 0 Å². The van der Waals surface area contributed by atoms with Gasteiger partial charge in [0.05, 0.1) is 25.6 Å². The second kappa shape index (κ2) is 6.39. The van der Waals surface area contributed by atoms with E-state index in [0.717, 1.165) is 10.5 Å². The Morgan fingerprint density at radius 3 is 2.22 bits per heavy atom. The number of rotatable bonds is 4. The molecule has 2 aromatic rings. The van der Waals surface area contributed by atoms with Gasteiger partial charge in [-0.3, -0.25) is 9.59 Å². The number of nitrogens with zero attached hydrogens (tertiary/aromatic N) is 4. The number of hydrogen-bond donors (Lipinski definition) is 0. The molecule has 0 aliphatic carbocycles. The summed E-state index contributed by atoms with van der Waals surface area (Å²) in [6.07, 6.45) is 0. The molecule has 0 bridgehead atoms. The highest BCUT2D eigenvalue weighted by molar-refractivity contribution is 6.26. The molecule has 1 saturated heterocycles. The van der Waals surface area contributed by atoms with E-state index in [1.165, 1.54) is 19.2 Å². The lowest BCUT2D eigenvalue weighted by atomic mass is 10.1. The zero-order valence-electron chi connectivity index (χ0n) is 15.1. The quantitative estimate of drug-likeness (QED) is 0.777. The number of carbonyl (C=O) groups is 2. The van der Waals surface area contributed by atoms with Crippen molar-refractivity contribution in [1.82, 2.24) is 0 Å². The molecular formula is C19H18N4O4. The van der Waals surface area contributed by atoms with E-state index in [9.17, 15) is 9.59 Å². The molecule has 2 amide bonds. The Morgan fingerprint density at radius 1 is 0.889 bits per heavy atom. The fourth-order valence-electron chi connectivity index (χ4n) is 3.29. The molecule has 1 fully saturated rings. The van der Waals surface area contributed by atoms with Crippen molar-refractivity contribution in [3.05, 3.63) is 48.0 Å². The summed E-state index contributed by atoms with van der Waals surface area (Å²) in [5, 5.41) is 9.60. The summed E-state index contributed by atoms with van der Waals surface area (Å²) in [6, 6.07) is 10.8. The SMILES string of the molecule is COc1ccc(N2C(=O)[C@@H]3N=NN(c4ccc(C)cc4)[C@H]3C2=O)cc1OC. The number of anilines is 2. The Hall–Kier alpha value is -3.42. The van der Waals surface area contributed by atoms with Gasteiger partial charge in [0.2, 0.25) is 0 Å². The van der Waals surface area contributed by atoms with E-state index in [0.29, 0.717) is 22.9 Å². The summed E-state index contributed by atoms with van der Waals surface area (Å²) in [7, 11) is 3.02. The van der Waals surface area contributed by atoms with Gasteiger partial charge in [0.1, 0.15) is 0 Å². The van der Waals surface area contributed by atoms with Crippen molar-refractivity contribution in [2.45, 2.75) is 19.0 Å². The molecule has 2 atom stereocenters. The van der Waals surface area contributed by atoms with Crippen LogP contribution in [0.4, 0.5) is 11.4 Å². The molecular weight excluding hydrogens is 348 g/mol. The first-order chi connectivity index (χ1) is 13.0. The van der Waals surface area contributed by atoms with E-state index in [-0.39, 0.29) is 5.91 Å². The number of benzene rings is 2. The number of carbonyl (C=O) groups excluding carboxylic acids is 2. The van der Waals surface area contributed by atoms with Crippen LogP contribution in [0.25, 0.3) is 0 Å². The molecule has 8 heteroatoms. The molecule has 0 spiro atoms. The van der Waals surface area contributed by atoms with E-state index < -0.39 is 18.0 Å². The third kappa shape index (κ3) is 2.61. The van der Waals surface area contributed by atoms with E-state index >= 15 is 0 Å². The van der Waals surface area contributed by atoms with Crippen molar-refractivity contribution in [1.29, 1.82) is 0 Å². The Balaban J connectivity index is 1.68. The number of fused-ring (bicyclic) bond motifs is 1. The number of hydrogen-bond acceptors (Lipinski definition) is 7. The van der Waals surface area contributed by atoms with Gasteiger partial charge in [-0.1, -0.05) is 22.9 Å². The minimum atomic E-state index is -0.855. The summed E-state index contributed by atoms with van der Waals surface area (Å²) in [4.78, 5) is 27.0. The Morgan fingerprint density at radius 2 is 1.56 bits per heavy atom. The lowest BCUT2D eigenvalue weighted by Gasteiger charge is -2.21. The first-order valence-corrected chi connectivity index (χ1v) is 8.41. The lowest BCUT2D eigenvalue weighted by molar-refractivity contribution is -0.121. The van der Waals surface area contributed by atoms with Gasteiger partial charge in [-0.05, 0) is 31.2 Å². The molecule has 2 aliphatic rings. The van der Waals surface area contributed by atoms with Gasteiger partial charge >= 0.3 is 0 Å². The van der Waals surface area contributed by atoms with E-state index in [1.807, 2.05) is 31.2 Å². The molecule has 2 aromatic carbocycles. The van der Waals surface area contributed by atoms with Gasteiger partial charge in [0.15, 0.2) is 23.6 Å². The molecule has 8 nitrogen and oxygen atoms in total. The molecule has 2 heterocycles. The maximum absolute atomic E-state index is 13.1. The molecule has 0 aromatic heterocycles. The highest BCUT2D eigenvalue weighted by atomic mass is 16.5. The number of ether oxygens (including phenoxy) is 2. The van der Waals surface area contributed by atoms with Gasteiger partial charge in [0, 0.05) is 6.07 Å². The molecule has 0 unspecified atom stereocenters. The summed E-state index contributed by atoms with van der Waals surface area (Å²) in [5.41, 5.74) is 2.22. The van der Waals surface area contributed by atoms with Crippen LogP contribution in [-0.2, 0) is 9.59 Å². The number of amides is 2. The molecule has 2 aliphatic heterocycles. The topological polar surface area (TPSA) is 83.8 Å². The van der Waals surface area contributed by atoms with Gasteiger partial charge < -0.3 is 9.47 Å². The molecule has 138 valence electrons. The van der Waals surface area contributed by atoms with E-state index in [4.69, 9.17) is 9.47 Å². The third-order valence-electron chi connectivity index (χ3n) is 4.71. The molecule has 0 radical (unpaired) electrons. The zero-order valence-corrected chi connectivity index (χ0v) is 15.1. The number of methoxy groups -OCH3 is 2. The third-order valence-corrected chi connectivity index (χ3v) is 4.71. The van der Waals surface area contributed by atoms with Crippen LogP contribution in [0.15, 0.2) is 52.8 Å². The summed E-state index contributed by atoms with van der Waals surface area (Å²) in [6.45, 7) is 1.97. The van der Waals surface area contributed by atoms with Crippen LogP contribution in [0, 0.1) is 6.92 Å². The van der Waals surface area contributed by atoms with Crippen LogP contribution >= 0.6 is 0 Å². The Labute approximate surface area is 156 Å². The second-order valence-corrected chi connectivity index (χ2v) is 6.33. The Kier molecular flexibility index (Phi) is 4.02. The van der Waals surface area contributed by atoms with Crippen LogP contribution in [0.3, 0.4) is 0 Å². The van der Waals surface area contributed by atoms with Crippen LogP contribution in [0.5, 0.6) is 11.5 Å². The summed E-state index contributed by atoms with van der Waals surface area (Å²) >= 11 is 0. The maximum atomic E-state index is 13.1. The van der Waals surface area contributed by atoms with Crippen molar-refractivity contribution in [3.63, 3.8) is 0 Å². The minimum absolute atomic E-state index is 0.372. The van der Waals surface area contributed by atoms with Crippen molar-refractivity contribution in [2.24, 2.45) is 10.3 Å². The molecule has 0 N–H and O–H groups in total. The maximum Gasteiger partial charge on any atom is 0.263 e. The van der Waals surface area contributed by atoms with Crippen LogP contribution in [0.1, 0.15) is 5.56 Å². The van der Waals surface area contributed by atoms with Crippen molar-refractivity contribution in [2.75, 3.05) is 24.1 Å². The number of imide groups is 1. The Bertz CT molecular complexity index is 941. The van der Waals surface area contributed by atoms with Crippen molar-refractivity contribution in [3.8, 4) is 11.5 Å². The highest BCUT2D eigenvalue weighted by Crippen LogP contribution is 2.38. The average molecular weight is 366 g/mol. The predicted octanol–water partition coefficient (Wildman–Crippen LogP) is 2.51. The summed E-state index contributed by atoms with van der Waals surface area (Å²) < 4.78 is 10.5. The number of aryl methyl sites for hydroxylation is 1. The standard InChI is InChI=1S/C19H18N4O4/c1-11-4-6-12(7-5-11)23-17-16(20-21-23)18(24)22(19(17)25)13-8-9-14(26-2)15(10-13)27-3/h4-10,16-17H,1-3H3/t16-,17-/m1/s1. The average Bonchev–Trinajstić information content (AvgIpc) is 3.22. The van der Waals surface area contributed by atoms with Gasteiger partial charge in [0.25, 0.3) is 11.8 Å². The first kappa shape index (κ1) is 17.0. The molecule has 0 saturated carbocycles. The zero-order chi connectivity index (χ0) is 19.1. The highest BCUT2D eigenvalue weighted by Gasteiger charge is 2.55. The van der Waals surface area contributed by atoms with E-state index in [2.05, 4.69) is 10.3 Å². The van der Waals surface area contributed by atoms with Crippen molar-refractivity contribution >= 4 is 23.2 Å². The molecule has 27 heavy (non-hydrogen) atoms. The first-order valence-electron chi connectivity index (χ1n) is 8.41. The monoisotopic (exact) mass is 366 g/mol. The smallest absolute Gasteiger partial charge is 0.263 e. The second-order valence-electron chi connectivity index (χ2n) is 6.33. The minimum Gasteiger partial charge on any atom is -0.493 e. The predicted molar refractivity (Wildman–Crippen MR) is 98.1 cm³/mol. The van der Waals surface area contributed by atoms with E-state index in [1.54, 1.807) is 18.2 Å². The van der Waals surface area contributed by atoms with Crippen molar-refractivity contribution < 1.29 is 19.1 Å². The normalized spacial score (nSPS) is 21.0. The summed E-state index contributed by atoms with van der Waals surface area (Å²) in [5.74, 6) is 0.171. The fraction of sp³-hybridized carbons (Fsp3) is 0.263. The largest absolute Gasteiger partial charge is 0.493 e. The fourth-order valence-corrected chi connectivity index (χ4v) is 3.29. The van der Waals surface area contributed by atoms with Crippen LogP contribution in [-0.4, -0.2) is 38.1 Å². The molecule has 4 rings (SSSR count). The van der Waals surface area contributed by atoms with Crippen LogP contribution < -0.4 is 19.4 Å². The van der Waals surface area contributed by atoms with Gasteiger partial charge in [-0.25, -0.2) is 9.91 Å². The van der Waals surface area contributed by atoms with Gasteiger partial charge in [-0.15, -0.1) is 0 Å².